The maximum atomic E-state index is 13.5. The molecule has 1 amide bonds. The first-order valence-corrected chi connectivity index (χ1v) is 11.6. The number of rotatable bonds is 3. The van der Waals surface area contributed by atoms with Gasteiger partial charge in [0.15, 0.2) is 9.84 Å². The molecule has 2 aromatic rings. The molecule has 0 saturated heterocycles. The van der Waals surface area contributed by atoms with Crippen LogP contribution in [0.2, 0.25) is 0 Å². The van der Waals surface area contributed by atoms with E-state index in [-0.39, 0.29) is 22.8 Å². The smallest absolute Gasteiger partial charge is 0.230 e. The van der Waals surface area contributed by atoms with Gasteiger partial charge in [0.1, 0.15) is 5.82 Å². The van der Waals surface area contributed by atoms with Gasteiger partial charge in [-0.25, -0.2) is 13.4 Å². The fraction of sp³-hybridized carbons (Fsp3) is 0.429. The first-order chi connectivity index (χ1) is 13.9. The number of benzene rings is 1. The molecule has 1 N–H and O–H groups in total. The van der Waals surface area contributed by atoms with Crippen LogP contribution in [0.5, 0.6) is 0 Å². The van der Waals surface area contributed by atoms with E-state index in [2.05, 4.69) is 10.3 Å². The maximum absolute atomic E-state index is 13.5. The van der Waals surface area contributed by atoms with Crippen molar-refractivity contribution in [1.82, 2.24) is 4.98 Å². The molecule has 1 saturated carbocycles. The molecule has 1 aromatic heterocycles. The van der Waals surface area contributed by atoms with Gasteiger partial charge in [-0.05, 0) is 49.9 Å². The van der Waals surface area contributed by atoms with Gasteiger partial charge in [-0.15, -0.1) is 0 Å². The number of hydrogen-bond donors (Lipinski definition) is 1. The van der Waals surface area contributed by atoms with Gasteiger partial charge in [-0.3, -0.25) is 4.79 Å². The van der Waals surface area contributed by atoms with Crippen molar-refractivity contribution < 1.29 is 17.9 Å². The first kappa shape index (κ1) is 19.8. The molecule has 1 aromatic carbocycles. The predicted octanol–water partition coefficient (Wildman–Crippen LogP) is 3.28. The lowest BCUT2D eigenvalue weighted by atomic mass is 9.86. The molecular weight excluding hydrogens is 390 g/mol. The third kappa shape index (κ3) is 4.00. The molecule has 1 aliphatic heterocycles. The largest absolute Gasteiger partial charge is 0.381 e. The van der Waals surface area contributed by atoms with Crippen LogP contribution in [0.1, 0.15) is 31.2 Å². The number of hydrogen-bond acceptors (Lipinski definition) is 6. The molecule has 0 atom stereocenters. The van der Waals surface area contributed by atoms with Crippen LogP contribution in [-0.4, -0.2) is 38.8 Å². The summed E-state index contributed by atoms with van der Waals surface area (Å²) in [5, 5.41) is 3.27. The van der Waals surface area contributed by atoms with Crippen molar-refractivity contribution in [1.29, 1.82) is 0 Å². The summed E-state index contributed by atoms with van der Waals surface area (Å²) in [5.41, 5.74) is 2.14. The average Bonchev–Trinajstić information content (AvgIpc) is 2.88. The van der Waals surface area contributed by atoms with E-state index in [1.807, 2.05) is 12.1 Å². The van der Waals surface area contributed by atoms with Crippen LogP contribution in [0, 0.1) is 5.92 Å². The van der Waals surface area contributed by atoms with E-state index in [0.717, 1.165) is 31.2 Å². The van der Waals surface area contributed by atoms with Crippen LogP contribution in [0.25, 0.3) is 0 Å². The number of pyridine rings is 1. The molecule has 2 aliphatic rings. The van der Waals surface area contributed by atoms with Crippen LogP contribution in [-0.2, 0) is 25.9 Å². The van der Waals surface area contributed by atoms with E-state index in [1.54, 1.807) is 36.4 Å². The zero-order valence-electron chi connectivity index (χ0n) is 16.6. The van der Waals surface area contributed by atoms with Crippen molar-refractivity contribution in [2.45, 2.75) is 43.2 Å². The minimum absolute atomic E-state index is 0.0185. The molecular formula is C21H25N3O4S. The number of methoxy groups -OCH3 is 1. The standard InChI is InChI=1S/C21H25N3O4S/c1-28-16-7-5-14(6-8-16)21(25)24-13-15-4-3-11-22-20(15)23-18-10-9-17(12-19(18)24)29(2,26)27/h3-4,9-12,14,16H,5-8,13H2,1-2H3,(H,22,23)/t14-,16-. The number of anilines is 3. The van der Waals surface area contributed by atoms with E-state index >= 15 is 0 Å². The highest BCUT2D eigenvalue weighted by Crippen LogP contribution is 2.38. The highest BCUT2D eigenvalue weighted by molar-refractivity contribution is 7.90. The second-order valence-corrected chi connectivity index (χ2v) is 9.74. The molecule has 154 valence electrons. The fourth-order valence-corrected chi connectivity index (χ4v) is 4.74. The van der Waals surface area contributed by atoms with Crippen molar-refractivity contribution in [3.8, 4) is 0 Å². The van der Waals surface area contributed by atoms with Crippen LogP contribution in [0.3, 0.4) is 0 Å². The number of fused-ring (bicyclic) bond motifs is 2. The lowest BCUT2D eigenvalue weighted by Crippen LogP contribution is -2.38. The van der Waals surface area contributed by atoms with Crippen LogP contribution in [0.15, 0.2) is 41.4 Å². The lowest BCUT2D eigenvalue weighted by Gasteiger charge is -2.32. The van der Waals surface area contributed by atoms with E-state index in [9.17, 15) is 13.2 Å². The molecule has 1 fully saturated rings. The molecule has 29 heavy (non-hydrogen) atoms. The Morgan fingerprint density at radius 1 is 1.21 bits per heavy atom. The quantitative estimate of drug-likeness (QED) is 0.828. The Balaban J connectivity index is 1.74. The van der Waals surface area contributed by atoms with Crippen LogP contribution < -0.4 is 10.2 Å². The fourth-order valence-electron chi connectivity index (χ4n) is 4.10. The normalized spacial score (nSPS) is 21.5. The van der Waals surface area contributed by atoms with Crippen molar-refractivity contribution in [2.75, 3.05) is 23.6 Å². The van der Waals surface area contributed by atoms with Crippen LogP contribution >= 0.6 is 0 Å². The van der Waals surface area contributed by atoms with Gasteiger partial charge in [0.2, 0.25) is 5.91 Å². The number of amides is 1. The minimum atomic E-state index is -3.40. The number of ether oxygens (including phenoxy) is 1. The van der Waals surface area contributed by atoms with Gasteiger partial charge in [0, 0.05) is 31.0 Å². The summed E-state index contributed by atoms with van der Waals surface area (Å²) in [6.07, 6.45) is 6.32. The Morgan fingerprint density at radius 2 is 1.97 bits per heavy atom. The van der Waals surface area contributed by atoms with Gasteiger partial charge in [0.25, 0.3) is 0 Å². The Bertz CT molecular complexity index is 1030. The summed E-state index contributed by atoms with van der Waals surface area (Å²) in [5.74, 6) is 0.596. The number of carbonyl (C=O) groups excluding carboxylic acids is 1. The first-order valence-electron chi connectivity index (χ1n) is 9.76. The molecule has 0 radical (unpaired) electrons. The molecule has 0 spiro atoms. The topological polar surface area (TPSA) is 88.6 Å². The number of sulfone groups is 1. The number of nitrogens with zero attached hydrogens (tertiary/aromatic N) is 2. The summed E-state index contributed by atoms with van der Waals surface area (Å²) in [4.78, 5) is 19.8. The monoisotopic (exact) mass is 415 g/mol. The Hall–Kier alpha value is -2.45. The van der Waals surface area contributed by atoms with E-state index in [1.165, 1.54) is 6.26 Å². The Morgan fingerprint density at radius 3 is 2.66 bits per heavy atom. The zero-order chi connectivity index (χ0) is 20.6. The number of nitrogens with one attached hydrogen (secondary N) is 1. The summed E-state index contributed by atoms with van der Waals surface area (Å²) in [6.45, 7) is 0.347. The third-order valence-corrected chi connectivity index (χ3v) is 6.89. The second-order valence-electron chi connectivity index (χ2n) is 7.72. The van der Waals surface area contributed by atoms with Crippen molar-refractivity contribution in [3.63, 3.8) is 0 Å². The van der Waals surface area contributed by atoms with Gasteiger partial charge < -0.3 is 15.0 Å². The van der Waals surface area contributed by atoms with Crippen molar-refractivity contribution in [3.05, 3.63) is 42.1 Å². The van der Waals surface area contributed by atoms with Crippen molar-refractivity contribution in [2.24, 2.45) is 5.92 Å². The van der Waals surface area contributed by atoms with E-state index in [0.29, 0.717) is 23.7 Å². The second kappa shape index (κ2) is 7.76. The van der Waals surface area contributed by atoms with Crippen molar-refractivity contribution >= 4 is 32.9 Å². The molecule has 1 aliphatic carbocycles. The van der Waals surface area contributed by atoms with Gasteiger partial charge in [-0.2, -0.15) is 0 Å². The van der Waals surface area contributed by atoms with E-state index < -0.39 is 9.84 Å². The van der Waals surface area contributed by atoms with E-state index in [4.69, 9.17) is 4.74 Å². The highest BCUT2D eigenvalue weighted by Gasteiger charge is 2.33. The molecule has 7 nitrogen and oxygen atoms in total. The Labute approximate surface area is 171 Å². The van der Waals surface area contributed by atoms with Gasteiger partial charge in [0.05, 0.1) is 28.9 Å². The predicted molar refractivity (Wildman–Crippen MR) is 111 cm³/mol. The zero-order valence-corrected chi connectivity index (χ0v) is 17.4. The molecule has 4 rings (SSSR count). The van der Waals surface area contributed by atoms with Gasteiger partial charge >= 0.3 is 0 Å². The maximum Gasteiger partial charge on any atom is 0.230 e. The lowest BCUT2D eigenvalue weighted by molar-refractivity contribution is -0.124. The molecule has 0 bridgehead atoms. The molecule has 0 unspecified atom stereocenters. The third-order valence-electron chi connectivity index (χ3n) is 5.78. The molecule has 8 heteroatoms. The number of carbonyl (C=O) groups is 1. The number of aromatic nitrogens is 1. The summed E-state index contributed by atoms with van der Waals surface area (Å²) in [7, 11) is -1.69. The molecule has 2 heterocycles. The van der Waals surface area contributed by atoms with Crippen LogP contribution in [0.4, 0.5) is 17.2 Å². The van der Waals surface area contributed by atoms with Gasteiger partial charge in [-0.1, -0.05) is 6.07 Å². The average molecular weight is 416 g/mol. The SMILES string of the molecule is CO[C@H]1CC[C@H](C(=O)N2Cc3cccnc3Nc3ccc(S(C)(=O)=O)cc32)CC1. The Kier molecular flexibility index (Phi) is 5.31. The highest BCUT2D eigenvalue weighted by atomic mass is 32.2. The summed E-state index contributed by atoms with van der Waals surface area (Å²) >= 11 is 0. The summed E-state index contributed by atoms with van der Waals surface area (Å²) < 4.78 is 29.7. The summed E-state index contributed by atoms with van der Waals surface area (Å²) in [6, 6.07) is 8.62. The minimum Gasteiger partial charge on any atom is -0.381 e.